The van der Waals surface area contributed by atoms with E-state index in [9.17, 15) is 0 Å². The van der Waals surface area contributed by atoms with Gasteiger partial charge in [0.25, 0.3) is 0 Å². The lowest BCUT2D eigenvalue weighted by molar-refractivity contribution is 0.168. The van der Waals surface area contributed by atoms with E-state index in [1.165, 1.54) is 10.9 Å². The summed E-state index contributed by atoms with van der Waals surface area (Å²) < 4.78 is 5.26. The van der Waals surface area contributed by atoms with Gasteiger partial charge in [-0.05, 0) is 37.2 Å². The molecule has 0 aliphatic heterocycles. The SMILES string of the molecule is CCNC(COC)c1ccc2nc(C)ccc2c1. The summed E-state index contributed by atoms with van der Waals surface area (Å²) in [5.74, 6) is 0. The first kappa shape index (κ1) is 13.0. The maximum Gasteiger partial charge on any atom is 0.0705 e. The molecule has 0 spiro atoms. The zero-order valence-corrected chi connectivity index (χ0v) is 11.2. The van der Waals surface area contributed by atoms with E-state index >= 15 is 0 Å². The topological polar surface area (TPSA) is 34.1 Å². The van der Waals surface area contributed by atoms with Gasteiger partial charge in [-0.15, -0.1) is 0 Å². The molecule has 1 heterocycles. The fourth-order valence-corrected chi connectivity index (χ4v) is 2.15. The minimum absolute atomic E-state index is 0.241. The molecular formula is C15H20N2O. The Morgan fingerprint density at radius 3 is 2.83 bits per heavy atom. The van der Waals surface area contributed by atoms with Gasteiger partial charge in [-0.3, -0.25) is 4.98 Å². The number of pyridine rings is 1. The molecule has 1 N–H and O–H groups in total. The van der Waals surface area contributed by atoms with Crippen molar-refractivity contribution < 1.29 is 4.74 Å². The lowest BCUT2D eigenvalue weighted by atomic mass is 10.0. The molecular weight excluding hydrogens is 224 g/mol. The first-order valence-electron chi connectivity index (χ1n) is 6.34. The summed E-state index contributed by atoms with van der Waals surface area (Å²) in [5.41, 5.74) is 3.35. The molecule has 0 aliphatic rings. The second kappa shape index (κ2) is 5.94. The average Bonchev–Trinajstić information content (AvgIpc) is 2.38. The number of hydrogen-bond acceptors (Lipinski definition) is 3. The van der Waals surface area contributed by atoms with Gasteiger partial charge in [-0.1, -0.05) is 19.1 Å². The van der Waals surface area contributed by atoms with Crippen LogP contribution in [0.3, 0.4) is 0 Å². The fraction of sp³-hybridized carbons (Fsp3) is 0.400. The standard InChI is InChI=1S/C15H20N2O/c1-4-16-15(10-18-3)13-7-8-14-12(9-13)6-5-11(2)17-14/h5-9,15-16H,4,10H2,1-3H3. The molecule has 0 aliphatic carbocycles. The highest BCUT2D eigenvalue weighted by Gasteiger charge is 2.10. The number of likely N-dealkylation sites (N-methyl/N-ethyl adjacent to an activating group) is 1. The van der Waals surface area contributed by atoms with E-state index in [-0.39, 0.29) is 6.04 Å². The van der Waals surface area contributed by atoms with Crippen LogP contribution in [0.4, 0.5) is 0 Å². The second-order valence-corrected chi connectivity index (χ2v) is 4.47. The van der Waals surface area contributed by atoms with Crippen LogP contribution in [0.5, 0.6) is 0 Å². The van der Waals surface area contributed by atoms with E-state index in [1.807, 2.05) is 13.0 Å². The van der Waals surface area contributed by atoms with Gasteiger partial charge in [0.2, 0.25) is 0 Å². The summed E-state index contributed by atoms with van der Waals surface area (Å²) in [5, 5.41) is 4.61. The van der Waals surface area contributed by atoms with Gasteiger partial charge in [0, 0.05) is 18.2 Å². The zero-order valence-electron chi connectivity index (χ0n) is 11.2. The molecule has 1 atom stereocenters. The predicted octanol–water partition coefficient (Wildman–Crippen LogP) is 2.84. The van der Waals surface area contributed by atoms with Crippen molar-refractivity contribution in [2.75, 3.05) is 20.3 Å². The summed E-state index contributed by atoms with van der Waals surface area (Å²) in [4.78, 5) is 4.52. The first-order valence-corrected chi connectivity index (χ1v) is 6.34. The molecule has 0 bridgehead atoms. The van der Waals surface area contributed by atoms with E-state index in [1.54, 1.807) is 7.11 Å². The van der Waals surface area contributed by atoms with Gasteiger partial charge in [-0.2, -0.15) is 0 Å². The third-order valence-corrected chi connectivity index (χ3v) is 3.04. The quantitative estimate of drug-likeness (QED) is 0.878. The minimum atomic E-state index is 0.241. The maximum absolute atomic E-state index is 5.26. The molecule has 96 valence electrons. The molecule has 2 rings (SSSR count). The predicted molar refractivity (Wildman–Crippen MR) is 74.8 cm³/mol. The van der Waals surface area contributed by atoms with Crippen LogP contribution in [0.2, 0.25) is 0 Å². The van der Waals surface area contributed by atoms with E-state index in [0.717, 1.165) is 17.8 Å². The van der Waals surface area contributed by atoms with Crippen molar-refractivity contribution in [1.29, 1.82) is 0 Å². The van der Waals surface area contributed by atoms with Crippen molar-refractivity contribution in [3.63, 3.8) is 0 Å². The molecule has 1 aromatic heterocycles. The van der Waals surface area contributed by atoms with Crippen molar-refractivity contribution in [3.8, 4) is 0 Å². The third kappa shape index (κ3) is 2.86. The number of aromatic nitrogens is 1. The second-order valence-electron chi connectivity index (χ2n) is 4.47. The van der Waals surface area contributed by atoms with Gasteiger partial charge in [0.05, 0.1) is 18.2 Å². The van der Waals surface area contributed by atoms with Crippen LogP contribution < -0.4 is 5.32 Å². The highest BCUT2D eigenvalue weighted by atomic mass is 16.5. The molecule has 0 saturated carbocycles. The smallest absolute Gasteiger partial charge is 0.0705 e. The van der Waals surface area contributed by atoms with Crippen molar-refractivity contribution in [3.05, 3.63) is 41.6 Å². The van der Waals surface area contributed by atoms with Gasteiger partial charge in [0.1, 0.15) is 0 Å². The molecule has 0 radical (unpaired) electrons. The van der Waals surface area contributed by atoms with Crippen LogP contribution in [0, 0.1) is 6.92 Å². The van der Waals surface area contributed by atoms with Crippen molar-refractivity contribution in [1.82, 2.24) is 10.3 Å². The number of nitrogens with zero attached hydrogens (tertiary/aromatic N) is 1. The Hall–Kier alpha value is -1.45. The molecule has 1 unspecified atom stereocenters. The van der Waals surface area contributed by atoms with Crippen LogP contribution in [0.25, 0.3) is 10.9 Å². The summed E-state index contributed by atoms with van der Waals surface area (Å²) in [6, 6.07) is 10.8. The van der Waals surface area contributed by atoms with Crippen molar-refractivity contribution in [2.45, 2.75) is 19.9 Å². The van der Waals surface area contributed by atoms with Gasteiger partial charge >= 0.3 is 0 Å². The highest BCUT2D eigenvalue weighted by molar-refractivity contribution is 5.79. The van der Waals surface area contributed by atoms with E-state index in [0.29, 0.717) is 6.61 Å². The Bertz CT molecular complexity index is 519. The monoisotopic (exact) mass is 244 g/mol. The van der Waals surface area contributed by atoms with Gasteiger partial charge in [-0.25, -0.2) is 0 Å². The number of rotatable bonds is 5. The number of fused-ring (bicyclic) bond motifs is 1. The number of ether oxygens (including phenoxy) is 1. The fourth-order valence-electron chi connectivity index (χ4n) is 2.15. The van der Waals surface area contributed by atoms with Crippen molar-refractivity contribution in [2.24, 2.45) is 0 Å². The van der Waals surface area contributed by atoms with Crippen molar-refractivity contribution >= 4 is 10.9 Å². The summed E-state index contributed by atoms with van der Waals surface area (Å²) in [6.45, 7) is 5.73. The highest BCUT2D eigenvalue weighted by Crippen LogP contribution is 2.20. The van der Waals surface area contributed by atoms with Crippen LogP contribution in [0.15, 0.2) is 30.3 Å². The van der Waals surface area contributed by atoms with E-state index < -0.39 is 0 Å². The number of hydrogen-bond donors (Lipinski definition) is 1. The van der Waals surface area contributed by atoms with Gasteiger partial charge in [0.15, 0.2) is 0 Å². The molecule has 3 nitrogen and oxygen atoms in total. The molecule has 1 aromatic carbocycles. The largest absolute Gasteiger partial charge is 0.383 e. The Morgan fingerprint density at radius 2 is 2.11 bits per heavy atom. The average molecular weight is 244 g/mol. The Balaban J connectivity index is 2.35. The van der Waals surface area contributed by atoms with Gasteiger partial charge < -0.3 is 10.1 Å². The Kier molecular flexibility index (Phi) is 4.28. The minimum Gasteiger partial charge on any atom is -0.383 e. The lowest BCUT2D eigenvalue weighted by Crippen LogP contribution is -2.24. The molecule has 0 fully saturated rings. The van der Waals surface area contributed by atoms with Crippen LogP contribution >= 0.6 is 0 Å². The van der Waals surface area contributed by atoms with E-state index in [4.69, 9.17) is 4.74 Å². The molecule has 0 saturated heterocycles. The summed E-state index contributed by atoms with van der Waals surface area (Å²) >= 11 is 0. The summed E-state index contributed by atoms with van der Waals surface area (Å²) in [7, 11) is 1.73. The molecule has 3 heteroatoms. The molecule has 0 amide bonds. The zero-order chi connectivity index (χ0) is 13.0. The molecule has 18 heavy (non-hydrogen) atoms. The van der Waals surface area contributed by atoms with Crippen LogP contribution in [-0.2, 0) is 4.74 Å². The number of benzene rings is 1. The van der Waals surface area contributed by atoms with E-state index in [2.05, 4.69) is 41.5 Å². The lowest BCUT2D eigenvalue weighted by Gasteiger charge is -2.17. The number of methoxy groups -OCH3 is 1. The Morgan fingerprint density at radius 1 is 1.28 bits per heavy atom. The number of nitrogens with one attached hydrogen (secondary N) is 1. The van der Waals surface area contributed by atoms with Crippen LogP contribution in [0.1, 0.15) is 24.2 Å². The Labute approximate surface area is 108 Å². The normalized spacial score (nSPS) is 12.8. The summed E-state index contributed by atoms with van der Waals surface area (Å²) in [6.07, 6.45) is 0. The number of aryl methyl sites for hydroxylation is 1. The first-order chi connectivity index (χ1) is 8.74. The third-order valence-electron chi connectivity index (χ3n) is 3.04. The molecule has 2 aromatic rings. The maximum atomic E-state index is 5.26. The van der Waals surface area contributed by atoms with Crippen LogP contribution in [-0.4, -0.2) is 25.2 Å².